The summed E-state index contributed by atoms with van der Waals surface area (Å²) in [7, 11) is -0.385. The van der Waals surface area contributed by atoms with Crippen LogP contribution in [-0.2, 0) is 32.0 Å². The van der Waals surface area contributed by atoms with Crippen LogP contribution in [0.5, 0.6) is 5.75 Å². The molecule has 0 radical (unpaired) electrons. The number of aryl methyl sites for hydroxylation is 1. The van der Waals surface area contributed by atoms with E-state index in [1.807, 2.05) is 25.1 Å². The van der Waals surface area contributed by atoms with Gasteiger partial charge in [-0.05, 0) is 91.8 Å². The van der Waals surface area contributed by atoms with Gasteiger partial charge in [0.1, 0.15) is 12.0 Å². The van der Waals surface area contributed by atoms with Gasteiger partial charge in [-0.2, -0.15) is 4.36 Å². The number of nitrogens with zero attached hydrogens (tertiary/aromatic N) is 1. The number of hydrogen-bond acceptors (Lipinski definition) is 6. The zero-order valence-corrected chi connectivity index (χ0v) is 25.3. The van der Waals surface area contributed by atoms with Crippen molar-refractivity contribution in [3.8, 4) is 5.75 Å². The SMILES string of the molecule is CO[C@@H](/C=C/C[C@H](C)C/[SH](=O)=N/C(=O)c1ccc2c(c1)NC[C@@]1(CCCc3cc(Cl)ccc31)CO2)[C@@H]1CC[C@H]1C=O. The molecule has 1 unspecified atom stereocenters. The first-order valence-corrected chi connectivity index (χ1v) is 16.2. The van der Waals surface area contributed by atoms with Crippen molar-refractivity contribution in [1.29, 1.82) is 0 Å². The van der Waals surface area contributed by atoms with Crippen molar-refractivity contribution >= 4 is 40.1 Å². The van der Waals surface area contributed by atoms with Crippen LogP contribution in [0.25, 0.3) is 0 Å². The second-order valence-electron chi connectivity index (χ2n) is 11.7. The highest BCUT2D eigenvalue weighted by Crippen LogP contribution is 2.42. The second-order valence-corrected chi connectivity index (χ2v) is 13.4. The van der Waals surface area contributed by atoms with Gasteiger partial charge in [-0.15, -0.1) is 0 Å². The summed E-state index contributed by atoms with van der Waals surface area (Å²) in [6.45, 7) is 3.22. The van der Waals surface area contributed by atoms with Crippen LogP contribution in [0.4, 0.5) is 5.69 Å². The summed E-state index contributed by atoms with van der Waals surface area (Å²) in [5, 5.41) is 4.27. The Morgan fingerprint density at radius 2 is 2.15 bits per heavy atom. The van der Waals surface area contributed by atoms with Gasteiger partial charge in [0.2, 0.25) is 0 Å². The third kappa shape index (κ3) is 6.71. The quantitative estimate of drug-likeness (QED) is 0.207. The Kier molecular flexibility index (Phi) is 9.52. The van der Waals surface area contributed by atoms with Gasteiger partial charge in [-0.3, -0.25) is 9.00 Å². The van der Waals surface area contributed by atoms with Gasteiger partial charge in [0, 0.05) is 51.9 Å². The van der Waals surface area contributed by atoms with Crippen LogP contribution in [-0.4, -0.2) is 48.5 Å². The predicted molar refractivity (Wildman–Crippen MR) is 164 cm³/mol. The second kappa shape index (κ2) is 13.1. The molecule has 3 aliphatic rings. The summed E-state index contributed by atoms with van der Waals surface area (Å²) in [5.74, 6) is 0.915. The first-order valence-electron chi connectivity index (χ1n) is 14.5. The summed E-state index contributed by atoms with van der Waals surface area (Å²) in [4.78, 5) is 24.1. The Bertz CT molecular complexity index is 1400. The summed E-state index contributed by atoms with van der Waals surface area (Å²) in [6.07, 6.45) is 10.6. The number of carbonyl (C=O) groups is 2. The molecule has 1 heterocycles. The number of anilines is 1. The normalized spacial score (nSPS) is 25.6. The van der Waals surface area contributed by atoms with E-state index in [0.717, 1.165) is 49.1 Å². The summed E-state index contributed by atoms with van der Waals surface area (Å²) in [5.41, 5.74) is 3.50. The maximum absolute atomic E-state index is 12.9. The lowest BCUT2D eigenvalue weighted by Gasteiger charge is -2.37. The molecule has 9 heteroatoms. The Morgan fingerprint density at radius 1 is 1.29 bits per heavy atom. The van der Waals surface area contributed by atoms with E-state index < -0.39 is 16.5 Å². The monoisotopic (exact) mass is 598 g/mol. The number of halogens is 1. The molecule has 5 rings (SSSR count). The molecule has 7 nitrogen and oxygen atoms in total. The Hall–Kier alpha value is -2.68. The van der Waals surface area contributed by atoms with Gasteiger partial charge in [0.15, 0.2) is 0 Å². The fraction of sp³-hybridized carbons (Fsp3) is 0.500. The van der Waals surface area contributed by atoms with Crippen molar-refractivity contribution in [2.75, 3.05) is 31.3 Å². The lowest BCUT2D eigenvalue weighted by molar-refractivity contribution is -0.118. The average molecular weight is 599 g/mol. The van der Waals surface area contributed by atoms with Gasteiger partial charge in [-0.25, -0.2) is 0 Å². The fourth-order valence-electron chi connectivity index (χ4n) is 6.34. The van der Waals surface area contributed by atoms with Gasteiger partial charge in [-0.1, -0.05) is 36.7 Å². The molecule has 1 saturated carbocycles. The zero-order chi connectivity index (χ0) is 29.0. The molecule has 1 fully saturated rings. The number of thiol groups is 1. The number of amides is 1. The molecule has 1 aliphatic heterocycles. The minimum Gasteiger partial charge on any atom is -0.490 e. The van der Waals surface area contributed by atoms with E-state index in [2.05, 4.69) is 21.8 Å². The summed E-state index contributed by atoms with van der Waals surface area (Å²) >= 11 is 6.26. The third-order valence-electron chi connectivity index (χ3n) is 8.87. The van der Waals surface area contributed by atoms with Crippen LogP contribution in [0.3, 0.4) is 0 Å². The molecule has 2 aromatic rings. The minimum atomic E-state index is -2.04. The molecular weight excluding hydrogens is 560 g/mol. The van der Waals surface area contributed by atoms with Gasteiger partial charge >= 0.3 is 0 Å². The summed E-state index contributed by atoms with van der Waals surface area (Å²) < 4.78 is 28.6. The Balaban J connectivity index is 1.19. The molecule has 1 spiro atoms. The minimum absolute atomic E-state index is 0.0701. The molecule has 1 N–H and O–H groups in total. The molecule has 2 aromatic carbocycles. The van der Waals surface area contributed by atoms with Gasteiger partial charge in [0.25, 0.3) is 5.91 Å². The Labute approximate surface area is 249 Å². The van der Waals surface area contributed by atoms with E-state index in [4.69, 9.17) is 21.1 Å². The first kappa shape index (κ1) is 29.8. The molecule has 0 aromatic heterocycles. The topological polar surface area (TPSA) is 94.1 Å². The van der Waals surface area contributed by atoms with E-state index in [-0.39, 0.29) is 29.3 Å². The molecule has 0 saturated heterocycles. The van der Waals surface area contributed by atoms with E-state index in [1.165, 1.54) is 11.1 Å². The molecule has 41 heavy (non-hydrogen) atoms. The van der Waals surface area contributed by atoms with Gasteiger partial charge < -0.3 is 19.6 Å². The number of nitrogens with one attached hydrogen (secondary N) is 1. The van der Waals surface area contributed by atoms with Crippen molar-refractivity contribution in [3.63, 3.8) is 0 Å². The van der Waals surface area contributed by atoms with Crippen LogP contribution in [0.2, 0.25) is 5.02 Å². The largest absolute Gasteiger partial charge is 0.490 e. The van der Waals surface area contributed by atoms with Crippen molar-refractivity contribution in [2.24, 2.45) is 22.1 Å². The number of fused-ring (bicyclic) bond motifs is 3. The van der Waals surface area contributed by atoms with E-state index in [9.17, 15) is 13.8 Å². The smallest absolute Gasteiger partial charge is 0.284 e. The first-order chi connectivity index (χ1) is 19.8. The maximum atomic E-state index is 12.9. The van der Waals surface area contributed by atoms with Crippen molar-refractivity contribution in [2.45, 2.75) is 57.0 Å². The number of methoxy groups -OCH3 is 1. The number of aldehydes is 1. The molecule has 2 aliphatic carbocycles. The number of carbonyl (C=O) groups excluding carboxylic acids is 2. The van der Waals surface area contributed by atoms with Crippen LogP contribution in [0, 0.1) is 17.8 Å². The van der Waals surface area contributed by atoms with Crippen molar-refractivity contribution in [3.05, 3.63) is 70.3 Å². The molecule has 1 amide bonds. The highest BCUT2D eigenvalue weighted by atomic mass is 35.5. The molecule has 220 valence electrons. The highest BCUT2D eigenvalue weighted by Gasteiger charge is 2.39. The highest BCUT2D eigenvalue weighted by molar-refractivity contribution is 7.75. The molecule has 0 bridgehead atoms. The maximum Gasteiger partial charge on any atom is 0.284 e. The average Bonchev–Trinajstić information content (AvgIpc) is 3.11. The van der Waals surface area contributed by atoms with Crippen LogP contribution in [0.1, 0.15) is 60.5 Å². The van der Waals surface area contributed by atoms with E-state index in [0.29, 0.717) is 36.6 Å². The van der Waals surface area contributed by atoms with Crippen molar-refractivity contribution < 1.29 is 23.3 Å². The molecule has 6 atom stereocenters. The summed E-state index contributed by atoms with van der Waals surface area (Å²) in [6, 6.07) is 11.3. The number of hydrogen-bond donors (Lipinski definition) is 2. The predicted octanol–water partition coefficient (Wildman–Crippen LogP) is 6.05. The third-order valence-corrected chi connectivity index (χ3v) is 10.4. The van der Waals surface area contributed by atoms with E-state index >= 15 is 0 Å². The molecular formula is C32H39ClN2O5S. The number of rotatable bonds is 9. The lowest BCUT2D eigenvalue weighted by Crippen LogP contribution is -2.41. The van der Waals surface area contributed by atoms with E-state index in [1.54, 1.807) is 25.3 Å². The standard InChI is InChI=1S/C32H39ClN2O5S/c1-21(5-3-7-29(39-2)26-11-8-24(26)17-36)18-41(38)35-31(37)23-9-13-30-28(16-23)34-19-32(20-40-30)14-4-6-22-15-25(33)10-12-27(22)32/h3,7,9-10,12-13,15-17,21,24,26,29,34,41H,4-6,8,11,14,18-20H2,1-2H3/b7-3+/t21-,24-,26+,29-,32-/m0/s1. The number of allylic oxidation sites excluding steroid dienone is 1. The number of benzene rings is 2. The zero-order valence-electron chi connectivity index (χ0n) is 23.7. The van der Waals surface area contributed by atoms with Gasteiger partial charge in [0.05, 0.1) is 18.4 Å². The van der Waals surface area contributed by atoms with Crippen molar-refractivity contribution in [1.82, 2.24) is 0 Å². The lowest BCUT2D eigenvalue weighted by atomic mass is 9.70. The van der Waals surface area contributed by atoms with Crippen LogP contribution >= 0.6 is 11.6 Å². The van der Waals surface area contributed by atoms with Crippen LogP contribution in [0.15, 0.2) is 52.9 Å². The fourth-order valence-corrected chi connectivity index (χ4v) is 7.62. The number of ether oxygens (including phenoxy) is 2. The van der Waals surface area contributed by atoms with Crippen LogP contribution < -0.4 is 10.1 Å². The Morgan fingerprint density at radius 3 is 2.90 bits per heavy atom.